The fourth-order valence-corrected chi connectivity index (χ4v) is 6.13. The van der Waals surface area contributed by atoms with Gasteiger partial charge >= 0.3 is 198 Å². The Balaban J connectivity index is 2.53. The summed E-state index contributed by atoms with van der Waals surface area (Å²) in [6.45, 7) is 27.4. The number of hydrogen-bond donors (Lipinski definition) is 0. The second kappa shape index (κ2) is 8.87. The van der Waals surface area contributed by atoms with Gasteiger partial charge in [0, 0.05) is 0 Å². The summed E-state index contributed by atoms with van der Waals surface area (Å²) in [7, 11) is 0. The molecule has 0 fully saturated rings. The van der Waals surface area contributed by atoms with Gasteiger partial charge in [0.2, 0.25) is 0 Å². The van der Waals surface area contributed by atoms with Gasteiger partial charge < -0.3 is 0 Å². The molecule has 0 aliphatic carbocycles. The van der Waals surface area contributed by atoms with Crippen LogP contribution in [-0.4, -0.2) is 15.0 Å². The van der Waals surface area contributed by atoms with Crippen molar-refractivity contribution in [2.24, 2.45) is 10.8 Å². The van der Waals surface area contributed by atoms with Crippen molar-refractivity contribution in [3.63, 3.8) is 0 Å². The summed E-state index contributed by atoms with van der Waals surface area (Å²) in [5.74, 6) is 1.07. The maximum absolute atomic E-state index is 6.02. The monoisotopic (exact) mass is 487 g/mol. The number of rotatable bonds is 2. The van der Waals surface area contributed by atoms with Crippen LogP contribution in [0.25, 0.3) is 6.08 Å². The van der Waals surface area contributed by atoms with E-state index in [9.17, 15) is 0 Å². The molecule has 0 saturated heterocycles. The normalized spacial score (nSPS) is 16.5. The first-order valence-electron chi connectivity index (χ1n) is 11.4. The van der Waals surface area contributed by atoms with E-state index in [2.05, 4.69) is 120 Å². The Bertz CT molecular complexity index is 895. The number of hydrogen-bond acceptors (Lipinski definition) is 0. The molecule has 2 heteroatoms. The molecule has 1 aromatic rings. The molecule has 1 aliphatic heterocycles. The first kappa shape index (κ1) is 25.9. The second-order valence-electron chi connectivity index (χ2n) is 12.7. The van der Waals surface area contributed by atoms with Crippen molar-refractivity contribution in [3.05, 3.63) is 68.0 Å². The maximum atomic E-state index is 6.02. The Morgan fingerprint density at radius 1 is 0.710 bits per heavy atom. The van der Waals surface area contributed by atoms with Crippen LogP contribution in [0, 0.1) is 10.8 Å². The Morgan fingerprint density at radius 2 is 1.23 bits per heavy atom. The van der Waals surface area contributed by atoms with Crippen LogP contribution < -0.4 is 0 Å². The Labute approximate surface area is 198 Å². The van der Waals surface area contributed by atoms with Crippen molar-refractivity contribution in [3.8, 4) is 0 Å². The van der Waals surface area contributed by atoms with Crippen LogP contribution >= 0.6 is 0 Å². The molecule has 0 atom stereocenters. The summed E-state index contributed by atoms with van der Waals surface area (Å²) >= 11 is 0.416. The zero-order valence-corrected chi connectivity index (χ0v) is 23.6. The van der Waals surface area contributed by atoms with Crippen molar-refractivity contribution in [1.82, 2.24) is 0 Å². The van der Waals surface area contributed by atoms with Crippen molar-refractivity contribution >= 4 is 21.0 Å². The van der Waals surface area contributed by atoms with Crippen LogP contribution in [0.1, 0.15) is 100.0 Å². The molecular weight excluding hydrogens is 443 g/mol. The van der Waals surface area contributed by atoms with E-state index in [0.29, 0.717) is 15.0 Å². The first-order chi connectivity index (χ1) is 13.9. The van der Waals surface area contributed by atoms with Gasteiger partial charge in [0.05, 0.1) is 0 Å². The molecule has 0 amide bonds. The SMILES string of the molecule is CC(C)(C)C1=CC(=CC=Cc2cc[o+]c(C(C)(C)C)c2C(C)(C)C)C=C(C(C)(C)C)[Se]1. The van der Waals surface area contributed by atoms with E-state index >= 15 is 0 Å². The fourth-order valence-electron chi connectivity index (χ4n) is 3.53. The van der Waals surface area contributed by atoms with Gasteiger partial charge in [-0.15, -0.1) is 0 Å². The Kier molecular flexibility index (Phi) is 7.41. The van der Waals surface area contributed by atoms with Gasteiger partial charge in [0.1, 0.15) is 0 Å². The van der Waals surface area contributed by atoms with Gasteiger partial charge in [-0.2, -0.15) is 0 Å². The fraction of sp³-hybridized carbons (Fsp3) is 0.552. The van der Waals surface area contributed by atoms with Gasteiger partial charge in [-0.3, -0.25) is 0 Å². The molecule has 31 heavy (non-hydrogen) atoms. The van der Waals surface area contributed by atoms with Crippen LogP contribution in [0.4, 0.5) is 0 Å². The van der Waals surface area contributed by atoms with Gasteiger partial charge in [0.15, 0.2) is 0 Å². The third kappa shape index (κ3) is 6.80. The van der Waals surface area contributed by atoms with E-state index in [1.807, 2.05) is 6.26 Å². The summed E-state index contributed by atoms with van der Waals surface area (Å²) in [6.07, 6.45) is 13.4. The summed E-state index contributed by atoms with van der Waals surface area (Å²) in [4.78, 5) is 0. The quantitative estimate of drug-likeness (QED) is 0.301. The third-order valence-corrected chi connectivity index (χ3v) is 9.23. The van der Waals surface area contributed by atoms with Crippen LogP contribution in [0.5, 0.6) is 0 Å². The minimum absolute atomic E-state index is 0.00611. The van der Waals surface area contributed by atoms with E-state index < -0.39 is 0 Å². The van der Waals surface area contributed by atoms with Gasteiger partial charge in [-0.25, -0.2) is 0 Å². The van der Waals surface area contributed by atoms with Gasteiger partial charge in [-0.05, 0) is 0 Å². The molecule has 170 valence electrons. The zero-order chi connectivity index (χ0) is 23.8. The molecule has 0 bridgehead atoms. The molecule has 0 spiro atoms. The molecule has 0 aromatic carbocycles. The molecule has 1 nitrogen and oxygen atoms in total. The average molecular weight is 487 g/mol. The summed E-state index contributed by atoms with van der Waals surface area (Å²) < 4.78 is 9.15. The van der Waals surface area contributed by atoms with Crippen molar-refractivity contribution in [1.29, 1.82) is 0 Å². The first-order valence-corrected chi connectivity index (χ1v) is 13.1. The van der Waals surface area contributed by atoms with Gasteiger partial charge in [-0.1, -0.05) is 0 Å². The summed E-state index contributed by atoms with van der Waals surface area (Å²) in [5.41, 5.74) is 4.21. The van der Waals surface area contributed by atoms with Crippen LogP contribution in [0.3, 0.4) is 0 Å². The average Bonchev–Trinajstić information content (AvgIpc) is 2.58. The standard InChI is InChI=1S/C29H43OSe/c1-26(2,3)22-18-20(19-23(31-22)27(4,5)6)14-13-15-21-16-17-30-25(29(10,11)12)24(21)28(7,8)9/h13-19H,1-12H3/q+1. The summed E-state index contributed by atoms with van der Waals surface area (Å²) in [5, 5.41) is 0. The molecule has 2 rings (SSSR count). The van der Waals surface area contributed by atoms with E-state index in [1.54, 1.807) is 8.94 Å². The summed E-state index contributed by atoms with van der Waals surface area (Å²) in [6, 6.07) is 2.10. The molecule has 0 radical (unpaired) electrons. The Hall–Kier alpha value is -1.37. The number of allylic oxidation sites excluding steroid dienone is 7. The molecule has 1 aliphatic rings. The van der Waals surface area contributed by atoms with Crippen LogP contribution in [0.15, 0.2) is 55.6 Å². The van der Waals surface area contributed by atoms with E-state index in [-0.39, 0.29) is 21.7 Å². The minimum atomic E-state index is -0.0366. The third-order valence-electron chi connectivity index (χ3n) is 5.24. The van der Waals surface area contributed by atoms with Crippen LogP contribution in [-0.2, 0) is 10.8 Å². The molecule has 0 unspecified atom stereocenters. The molecule has 0 saturated carbocycles. The topological polar surface area (TPSA) is 11.3 Å². The van der Waals surface area contributed by atoms with E-state index in [4.69, 9.17) is 4.42 Å². The molecule has 2 heterocycles. The predicted molar refractivity (Wildman–Crippen MR) is 138 cm³/mol. The van der Waals surface area contributed by atoms with E-state index in [0.717, 1.165) is 5.76 Å². The van der Waals surface area contributed by atoms with Crippen LogP contribution in [0.2, 0.25) is 0 Å². The van der Waals surface area contributed by atoms with Crippen molar-refractivity contribution in [2.75, 3.05) is 0 Å². The predicted octanol–water partition coefficient (Wildman–Crippen LogP) is 8.67. The molecule has 0 N–H and O–H groups in total. The van der Waals surface area contributed by atoms with Crippen molar-refractivity contribution in [2.45, 2.75) is 93.9 Å². The van der Waals surface area contributed by atoms with Gasteiger partial charge in [0.25, 0.3) is 0 Å². The molecule has 1 aromatic heterocycles. The molecular formula is C29H43OSe+. The Morgan fingerprint density at radius 3 is 1.65 bits per heavy atom. The zero-order valence-electron chi connectivity index (χ0n) is 21.9. The second-order valence-corrected chi connectivity index (χ2v) is 15.0. The van der Waals surface area contributed by atoms with Crippen molar-refractivity contribution < 1.29 is 4.42 Å². The van der Waals surface area contributed by atoms with E-state index in [1.165, 1.54) is 16.7 Å².